The molecule has 1 fully saturated rings. The van der Waals surface area contributed by atoms with Crippen LogP contribution in [0.5, 0.6) is 0 Å². The number of nitrogens with zero attached hydrogens (tertiary/aromatic N) is 3. The van der Waals surface area contributed by atoms with Crippen molar-refractivity contribution >= 4 is 0 Å². The average molecular weight is 235 g/mol. The molecule has 0 saturated carbocycles. The molecular weight excluding hydrogens is 223 g/mol. The molecule has 1 aliphatic heterocycles. The van der Waals surface area contributed by atoms with Gasteiger partial charge in [0.25, 0.3) is 0 Å². The minimum Gasteiger partial charge on any atom is -0.376 e. The lowest BCUT2D eigenvalue weighted by Crippen LogP contribution is -2.53. The number of aromatic nitrogens is 2. The molecule has 2 rings (SSSR count). The molecule has 2 unspecified atom stereocenters. The molecule has 4 nitrogen and oxygen atoms in total. The first kappa shape index (κ1) is 11.3. The second-order valence-corrected chi connectivity index (χ2v) is 3.77. The third-order valence-corrected chi connectivity index (χ3v) is 2.49. The Balaban J connectivity index is 2.22. The summed E-state index contributed by atoms with van der Waals surface area (Å²) in [6.07, 6.45) is -1.66. The molecule has 0 aromatic carbocycles. The molecule has 0 spiro atoms. The summed E-state index contributed by atoms with van der Waals surface area (Å²) in [5, 5.41) is 3.92. The van der Waals surface area contributed by atoms with Gasteiger partial charge in [0.2, 0.25) is 0 Å². The fourth-order valence-electron chi connectivity index (χ4n) is 1.84. The van der Waals surface area contributed by atoms with Gasteiger partial charge in [-0.15, -0.1) is 13.2 Å². The lowest BCUT2D eigenvalue weighted by Gasteiger charge is -2.30. The van der Waals surface area contributed by atoms with Crippen molar-refractivity contribution in [3.05, 3.63) is 18.5 Å². The van der Waals surface area contributed by atoms with E-state index in [2.05, 4.69) is 5.10 Å². The maximum Gasteiger partial charge on any atom is 0.500 e. The zero-order valence-electron chi connectivity index (χ0n) is 8.68. The highest BCUT2D eigenvalue weighted by Gasteiger charge is 2.45. The predicted molar refractivity (Wildman–Crippen MR) is 50.3 cm³/mol. The largest absolute Gasteiger partial charge is 0.500 e. The van der Waals surface area contributed by atoms with Gasteiger partial charge in [-0.3, -0.25) is 0 Å². The van der Waals surface area contributed by atoms with E-state index in [0.29, 0.717) is 11.4 Å². The van der Waals surface area contributed by atoms with E-state index in [4.69, 9.17) is 4.74 Å². The molecule has 2 atom stereocenters. The number of hydrogen-bond acceptors (Lipinski definition) is 3. The maximum atomic E-state index is 12.9. The zero-order valence-corrected chi connectivity index (χ0v) is 8.68. The van der Waals surface area contributed by atoms with Gasteiger partial charge in [0.05, 0.1) is 24.9 Å². The third kappa shape index (κ3) is 2.13. The topological polar surface area (TPSA) is 30.3 Å². The van der Waals surface area contributed by atoms with Crippen molar-refractivity contribution in [2.75, 3.05) is 11.6 Å². The van der Waals surface area contributed by atoms with Crippen LogP contribution in [0.3, 0.4) is 0 Å². The Labute approximate surface area is 90.6 Å². The second-order valence-electron chi connectivity index (χ2n) is 3.77. The van der Waals surface area contributed by atoms with Crippen molar-refractivity contribution < 1.29 is 17.9 Å². The Hall–Kier alpha value is -1.24. The van der Waals surface area contributed by atoms with Gasteiger partial charge in [-0.2, -0.15) is 14.9 Å². The summed E-state index contributed by atoms with van der Waals surface area (Å²) in [6.45, 7) is 1.83. The molecule has 1 aliphatic rings. The Morgan fingerprint density at radius 1 is 1.50 bits per heavy atom. The fraction of sp³-hybridized carbons (Fsp3) is 0.667. The minimum absolute atomic E-state index is 0.0700. The van der Waals surface area contributed by atoms with Crippen molar-refractivity contribution in [2.24, 2.45) is 0 Å². The average Bonchev–Trinajstić information content (AvgIpc) is 2.76. The highest BCUT2D eigenvalue weighted by molar-refractivity contribution is 5.00. The Kier molecular flexibility index (Phi) is 2.79. The second kappa shape index (κ2) is 3.97. The van der Waals surface area contributed by atoms with Crippen LogP contribution in [-0.4, -0.2) is 34.9 Å². The molecule has 0 N–H and O–H groups in total. The summed E-state index contributed by atoms with van der Waals surface area (Å²) in [4.78, 5) is 0.812. The summed E-state index contributed by atoms with van der Waals surface area (Å²) in [5.41, 5.74) is 0. The quantitative estimate of drug-likeness (QED) is 0.728. The first-order valence-corrected chi connectivity index (χ1v) is 4.96. The van der Waals surface area contributed by atoms with Gasteiger partial charge in [-0.25, -0.2) is 0 Å². The van der Waals surface area contributed by atoms with Crippen molar-refractivity contribution in [2.45, 2.75) is 31.8 Å². The van der Waals surface area contributed by atoms with Gasteiger partial charge in [-0.1, -0.05) is 0 Å². The van der Waals surface area contributed by atoms with Gasteiger partial charge >= 0.3 is 6.30 Å². The Morgan fingerprint density at radius 2 is 2.25 bits per heavy atom. The number of halogens is 3. The molecular formula is C9H12F3N3O. The molecule has 16 heavy (non-hydrogen) atoms. The van der Waals surface area contributed by atoms with Crippen molar-refractivity contribution in [1.82, 2.24) is 9.89 Å². The molecule has 1 aromatic heterocycles. The molecule has 90 valence electrons. The van der Waals surface area contributed by atoms with Gasteiger partial charge in [0.15, 0.2) is 0 Å². The van der Waals surface area contributed by atoms with Crippen LogP contribution in [0.4, 0.5) is 13.2 Å². The third-order valence-electron chi connectivity index (χ3n) is 2.49. The number of ether oxygens (including phenoxy) is 1. The summed E-state index contributed by atoms with van der Waals surface area (Å²) in [6, 6.07) is 0.743. The summed E-state index contributed by atoms with van der Waals surface area (Å²) >= 11 is 0. The fourth-order valence-corrected chi connectivity index (χ4v) is 1.84. The number of rotatable bonds is 2. The van der Waals surface area contributed by atoms with Crippen LogP contribution >= 0.6 is 0 Å². The van der Waals surface area contributed by atoms with Crippen LogP contribution in [0.15, 0.2) is 18.5 Å². The van der Waals surface area contributed by atoms with Gasteiger partial charge < -0.3 is 4.74 Å². The van der Waals surface area contributed by atoms with Gasteiger partial charge in [0.1, 0.15) is 0 Å². The summed E-state index contributed by atoms with van der Waals surface area (Å²) in [5.74, 6) is 0. The van der Waals surface area contributed by atoms with Crippen LogP contribution in [-0.2, 0) is 4.74 Å². The van der Waals surface area contributed by atoms with Crippen LogP contribution in [0.25, 0.3) is 0 Å². The molecule has 1 aromatic rings. The lowest BCUT2D eigenvalue weighted by atomic mass is 10.2. The summed E-state index contributed by atoms with van der Waals surface area (Å²) < 4.78 is 43.8. The minimum atomic E-state index is -4.45. The maximum absolute atomic E-state index is 12.9. The van der Waals surface area contributed by atoms with E-state index in [0.717, 1.165) is 4.79 Å². The lowest BCUT2D eigenvalue weighted by molar-refractivity contribution is -0.154. The van der Waals surface area contributed by atoms with E-state index in [1.807, 2.05) is 0 Å². The van der Waals surface area contributed by atoms with Crippen molar-refractivity contribution in [3.63, 3.8) is 0 Å². The molecule has 2 heterocycles. The molecule has 1 saturated heterocycles. The Morgan fingerprint density at radius 3 is 2.69 bits per heavy atom. The molecule has 0 aliphatic carbocycles. The zero-order chi connectivity index (χ0) is 11.8. The highest BCUT2D eigenvalue weighted by Crippen LogP contribution is 2.27. The van der Waals surface area contributed by atoms with Gasteiger partial charge in [-0.05, 0) is 19.4 Å². The molecule has 0 amide bonds. The van der Waals surface area contributed by atoms with Crippen molar-refractivity contribution in [3.8, 4) is 0 Å². The Bertz CT molecular complexity index is 338. The SMILES string of the molecule is CC1CC(N(n2cccn2)C(F)(F)F)CO1. The summed E-state index contributed by atoms with van der Waals surface area (Å²) in [7, 11) is 0. The number of alkyl halides is 3. The van der Waals surface area contributed by atoms with Crippen LogP contribution in [0.1, 0.15) is 13.3 Å². The van der Waals surface area contributed by atoms with E-state index in [-0.39, 0.29) is 12.7 Å². The van der Waals surface area contributed by atoms with Crippen LogP contribution < -0.4 is 5.01 Å². The van der Waals surface area contributed by atoms with Crippen LogP contribution in [0, 0.1) is 0 Å². The van der Waals surface area contributed by atoms with E-state index in [1.165, 1.54) is 18.5 Å². The first-order chi connectivity index (χ1) is 7.48. The van der Waals surface area contributed by atoms with E-state index < -0.39 is 12.3 Å². The van der Waals surface area contributed by atoms with Crippen molar-refractivity contribution in [1.29, 1.82) is 0 Å². The molecule has 0 bridgehead atoms. The highest BCUT2D eigenvalue weighted by atomic mass is 19.4. The van der Waals surface area contributed by atoms with E-state index in [9.17, 15) is 13.2 Å². The van der Waals surface area contributed by atoms with Crippen LogP contribution in [0.2, 0.25) is 0 Å². The smallest absolute Gasteiger partial charge is 0.376 e. The predicted octanol–water partition coefficient (Wildman–Crippen LogP) is 1.52. The normalized spacial score (nSPS) is 26.0. The van der Waals surface area contributed by atoms with E-state index >= 15 is 0 Å². The first-order valence-electron chi connectivity index (χ1n) is 4.96. The molecule has 7 heteroatoms. The number of hydrogen-bond donors (Lipinski definition) is 0. The van der Waals surface area contributed by atoms with E-state index in [1.54, 1.807) is 6.92 Å². The van der Waals surface area contributed by atoms with Gasteiger partial charge in [0, 0.05) is 6.20 Å². The molecule has 0 radical (unpaired) electrons. The monoisotopic (exact) mass is 235 g/mol. The standard InChI is InChI=1S/C9H12F3N3O/c1-7-5-8(6-16-7)15(9(10,11)12)14-4-2-3-13-14/h2-4,7-8H,5-6H2,1H3.